The Morgan fingerprint density at radius 1 is 1.40 bits per heavy atom. The summed E-state index contributed by atoms with van der Waals surface area (Å²) >= 11 is 1.47. The van der Waals surface area contributed by atoms with E-state index in [4.69, 9.17) is 5.73 Å². The van der Waals surface area contributed by atoms with Crippen LogP contribution < -0.4 is 11.1 Å². The average Bonchev–Trinajstić information content (AvgIpc) is 2.76. The number of nitrogens with two attached hydrogens (primary N) is 1. The Labute approximate surface area is 91.4 Å². The molecular weight excluding hydrogens is 210 g/mol. The largest absolute Gasteiger partial charge is 0.356 e. The van der Waals surface area contributed by atoms with Crippen molar-refractivity contribution >= 4 is 16.5 Å². The molecule has 2 aromatic heterocycles. The van der Waals surface area contributed by atoms with Gasteiger partial charge in [-0.2, -0.15) is 0 Å². The van der Waals surface area contributed by atoms with E-state index in [-0.39, 0.29) is 0 Å². The highest BCUT2D eigenvalue weighted by Crippen LogP contribution is 2.15. The number of rotatable bonds is 4. The van der Waals surface area contributed by atoms with Gasteiger partial charge in [0, 0.05) is 25.5 Å². The van der Waals surface area contributed by atoms with Gasteiger partial charge in [0.25, 0.3) is 0 Å². The Morgan fingerprint density at radius 3 is 3.00 bits per heavy atom. The summed E-state index contributed by atoms with van der Waals surface area (Å²) in [5, 5.41) is 12.7. The van der Waals surface area contributed by atoms with Gasteiger partial charge in [0.1, 0.15) is 5.01 Å². The first-order valence-corrected chi connectivity index (χ1v) is 5.35. The maximum atomic E-state index is 5.44. The Hall–Kier alpha value is -1.53. The van der Waals surface area contributed by atoms with Crippen molar-refractivity contribution in [3.63, 3.8) is 0 Å². The van der Waals surface area contributed by atoms with E-state index >= 15 is 0 Å². The molecular formula is C9H11N5S. The molecule has 0 unspecified atom stereocenters. The smallest absolute Gasteiger partial charge is 0.205 e. The molecule has 15 heavy (non-hydrogen) atoms. The van der Waals surface area contributed by atoms with Crippen molar-refractivity contribution in [1.82, 2.24) is 15.2 Å². The first-order valence-electron chi connectivity index (χ1n) is 4.53. The highest BCUT2D eigenvalue weighted by atomic mass is 32.1. The summed E-state index contributed by atoms with van der Waals surface area (Å²) in [5.41, 5.74) is 6.55. The molecule has 0 bridgehead atoms. The molecule has 6 heteroatoms. The molecule has 3 N–H and O–H groups in total. The van der Waals surface area contributed by atoms with Crippen LogP contribution in [-0.4, -0.2) is 15.2 Å². The Bertz CT molecular complexity index is 413. The van der Waals surface area contributed by atoms with Crippen LogP contribution in [0.2, 0.25) is 0 Å². The van der Waals surface area contributed by atoms with E-state index < -0.39 is 0 Å². The Morgan fingerprint density at radius 2 is 2.33 bits per heavy atom. The van der Waals surface area contributed by atoms with Crippen molar-refractivity contribution in [2.45, 2.75) is 13.1 Å². The molecule has 0 saturated carbocycles. The Kier molecular flexibility index (Phi) is 3.21. The maximum absolute atomic E-state index is 5.44. The van der Waals surface area contributed by atoms with Crippen molar-refractivity contribution in [3.8, 4) is 0 Å². The standard InChI is InChI=1S/C9H11N5S/c10-4-8-13-14-9(15-8)12-6-7-2-1-3-11-5-7/h1-3,5H,4,6,10H2,(H,12,14). The molecule has 2 rings (SSSR count). The van der Waals surface area contributed by atoms with Crippen LogP contribution in [0.4, 0.5) is 5.13 Å². The molecule has 0 amide bonds. The molecule has 0 aliphatic rings. The Balaban J connectivity index is 1.93. The van der Waals surface area contributed by atoms with Crippen molar-refractivity contribution in [3.05, 3.63) is 35.1 Å². The van der Waals surface area contributed by atoms with E-state index in [1.54, 1.807) is 6.20 Å². The van der Waals surface area contributed by atoms with Crippen molar-refractivity contribution in [1.29, 1.82) is 0 Å². The highest BCUT2D eigenvalue weighted by Gasteiger charge is 2.01. The van der Waals surface area contributed by atoms with Gasteiger partial charge in [-0.25, -0.2) is 0 Å². The van der Waals surface area contributed by atoms with Gasteiger partial charge in [0.05, 0.1) is 0 Å². The van der Waals surface area contributed by atoms with E-state index in [9.17, 15) is 0 Å². The third-order valence-corrected chi connectivity index (χ3v) is 2.71. The summed E-state index contributed by atoms with van der Waals surface area (Å²) in [6.07, 6.45) is 3.57. The van der Waals surface area contributed by atoms with Gasteiger partial charge in [-0.05, 0) is 11.6 Å². The van der Waals surface area contributed by atoms with Crippen molar-refractivity contribution < 1.29 is 0 Å². The second-order valence-corrected chi connectivity index (χ2v) is 3.98. The topological polar surface area (TPSA) is 76.7 Å². The molecule has 0 aliphatic carbocycles. The number of pyridine rings is 1. The van der Waals surface area contributed by atoms with E-state index in [0.29, 0.717) is 13.1 Å². The second-order valence-electron chi connectivity index (χ2n) is 2.92. The van der Waals surface area contributed by atoms with Crippen LogP contribution in [0.5, 0.6) is 0 Å². The number of hydrogen-bond acceptors (Lipinski definition) is 6. The van der Waals surface area contributed by atoms with Crippen LogP contribution in [0.3, 0.4) is 0 Å². The minimum atomic E-state index is 0.437. The second kappa shape index (κ2) is 4.81. The normalized spacial score (nSPS) is 10.2. The molecule has 0 spiro atoms. The number of nitrogens with one attached hydrogen (secondary N) is 1. The molecule has 0 saturated heterocycles. The molecule has 0 aromatic carbocycles. The molecule has 0 atom stereocenters. The lowest BCUT2D eigenvalue weighted by Gasteiger charge is -2.00. The van der Waals surface area contributed by atoms with Crippen LogP contribution in [0.25, 0.3) is 0 Å². The number of hydrogen-bond donors (Lipinski definition) is 2. The zero-order chi connectivity index (χ0) is 10.5. The fraction of sp³-hybridized carbons (Fsp3) is 0.222. The predicted octanol–water partition coefficient (Wildman–Crippen LogP) is 1.00. The molecule has 2 aromatic rings. The van der Waals surface area contributed by atoms with Crippen LogP contribution in [0.15, 0.2) is 24.5 Å². The zero-order valence-corrected chi connectivity index (χ0v) is 8.87. The van der Waals surface area contributed by atoms with Gasteiger partial charge in [-0.3, -0.25) is 4.98 Å². The first-order chi connectivity index (χ1) is 7.38. The molecule has 0 aliphatic heterocycles. The first kappa shape index (κ1) is 10.0. The van der Waals surface area contributed by atoms with Crippen LogP contribution >= 0.6 is 11.3 Å². The lowest BCUT2D eigenvalue weighted by molar-refractivity contribution is 0.952. The number of aromatic nitrogens is 3. The average molecular weight is 221 g/mol. The minimum Gasteiger partial charge on any atom is -0.356 e. The molecule has 0 radical (unpaired) electrons. The fourth-order valence-corrected chi connectivity index (χ4v) is 1.70. The van der Waals surface area contributed by atoms with E-state index in [2.05, 4.69) is 20.5 Å². The van der Waals surface area contributed by atoms with Gasteiger partial charge >= 0.3 is 0 Å². The SMILES string of the molecule is NCc1nnc(NCc2cccnc2)s1. The maximum Gasteiger partial charge on any atom is 0.205 e. The van der Waals surface area contributed by atoms with E-state index in [1.807, 2.05) is 18.3 Å². The lowest BCUT2D eigenvalue weighted by atomic mass is 10.3. The van der Waals surface area contributed by atoms with Crippen LogP contribution in [0.1, 0.15) is 10.6 Å². The van der Waals surface area contributed by atoms with Crippen molar-refractivity contribution in [2.24, 2.45) is 5.73 Å². The quantitative estimate of drug-likeness (QED) is 0.805. The zero-order valence-electron chi connectivity index (χ0n) is 8.05. The van der Waals surface area contributed by atoms with E-state index in [1.165, 1.54) is 11.3 Å². The predicted molar refractivity (Wildman–Crippen MR) is 59.4 cm³/mol. The monoisotopic (exact) mass is 221 g/mol. The molecule has 2 heterocycles. The summed E-state index contributed by atoms with van der Waals surface area (Å²) in [7, 11) is 0. The summed E-state index contributed by atoms with van der Waals surface area (Å²) in [6.45, 7) is 1.14. The summed E-state index contributed by atoms with van der Waals surface area (Å²) in [6, 6.07) is 3.91. The van der Waals surface area contributed by atoms with Gasteiger partial charge < -0.3 is 11.1 Å². The van der Waals surface area contributed by atoms with Gasteiger partial charge in [-0.15, -0.1) is 10.2 Å². The summed E-state index contributed by atoms with van der Waals surface area (Å²) in [4.78, 5) is 4.03. The summed E-state index contributed by atoms with van der Waals surface area (Å²) < 4.78 is 0. The molecule has 5 nitrogen and oxygen atoms in total. The van der Waals surface area contributed by atoms with Crippen LogP contribution in [-0.2, 0) is 13.1 Å². The van der Waals surface area contributed by atoms with E-state index in [0.717, 1.165) is 15.7 Å². The van der Waals surface area contributed by atoms with Crippen molar-refractivity contribution in [2.75, 3.05) is 5.32 Å². The number of nitrogens with zero attached hydrogens (tertiary/aromatic N) is 3. The summed E-state index contributed by atoms with van der Waals surface area (Å²) in [5.74, 6) is 0. The number of anilines is 1. The minimum absolute atomic E-state index is 0.437. The molecule has 78 valence electrons. The highest BCUT2D eigenvalue weighted by molar-refractivity contribution is 7.15. The van der Waals surface area contributed by atoms with Gasteiger partial charge in [0.2, 0.25) is 5.13 Å². The van der Waals surface area contributed by atoms with Gasteiger partial charge in [-0.1, -0.05) is 17.4 Å². The molecule has 0 fully saturated rings. The van der Waals surface area contributed by atoms with Gasteiger partial charge in [0.15, 0.2) is 0 Å². The third-order valence-electron chi connectivity index (χ3n) is 1.81. The van der Waals surface area contributed by atoms with Crippen LogP contribution in [0, 0.1) is 0 Å². The fourth-order valence-electron chi connectivity index (χ4n) is 1.09. The third kappa shape index (κ3) is 2.71. The lowest BCUT2D eigenvalue weighted by Crippen LogP contribution is -1.98.